The molecule has 1 heterocycles. The van der Waals surface area contributed by atoms with E-state index in [0.29, 0.717) is 12.0 Å². The second-order valence-corrected chi connectivity index (χ2v) is 8.86. The van der Waals surface area contributed by atoms with Crippen LogP contribution in [0, 0.1) is 0 Å². The number of aromatic nitrogens is 2. The minimum Gasteiger partial charge on any atom is -0.494 e. The van der Waals surface area contributed by atoms with Crippen LogP contribution >= 0.6 is 15.9 Å². The van der Waals surface area contributed by atoms with Gasteiger partial charge >= 0.3 is 0 Å². The molecule has 0 bridgehead atoms. The quantitative estimate of drug-likeness (QED) is 0.178. The number of ether oxygens (including phenoxy) is 1. The molecule has 0 saturated carbocycles. The van der Waals surface area contributed by atoms with Crippen molar-refractivity contribution >= 4 is 32.4 Å². The minimum atomic E-state index is -0.123. The summed E-state index contributed by atoms with van der Waals surface area (Å²) in [7, 11) is 0. The molecule has 0 amide bonds. The van der Waals surface area contributed by atoms with Gasteiger partial charge in [0, 0.05) is 35.1 Å². The molecule has 0 aliphatic rings. The molecule has 5 nitrogen and oxygen atoms in total. The van der Waals surface area contributed by atoms with Crippen LogP contribution in [0.2, 0.25) is 0 Å². The Morgan fingerprint density at radius 1 is 0.882 bits per heavy atom. The molecule has 1 aromatic heterocycles. The van der Waals surface area contributed by atoms with E-state index >= 15 is 0 Å². The highest BCUT2D eigenvalue weighted by atomic mass is 79.9. The maximum absolute atomic E-state index is 13.3. The zero-order valence-electron chi connectivity index (χ0n) is 19.7. The Labute approximate surface area is 209 Å². The van der Waals surface area contributed by atoms with Gasteiger partial charge in [0.1, 0.15) is 5.75 Å². The summed E-state index contributed by atoms with van der Waals surface area (Å²) in [6.45, 7) is 6.84. The summed E-state index contributed by atoms with van der Waals surface area (Å²) in [4.78, 5) is 15.6. The third-order valence-corrected chi connectivity index (χ3v) is 6.51. The van der Waals surface area contributed by atoms with Crippen molar-refractivity contribution in [3.8, 4) is 22.7 Å². The lowest BCUT2D eigenvalue weighted by atomic mass is 10.0. The van der Waals surface area contributed by atoms with Crippen molar-refractivity contribution in [2.24, 2.45) is 0 Å². The zero-order valence-corrected chi connectivity index (χ0v) is 21.3. The van der Waals surface area contributed by atoms with Crippen LogP contribution < -0.4 is 15.2 Å². The van der Waals surface area contributed by atoms with E-state index in [0.717, 1.165) is 65.0 Å². The van der Waals surface area contributed by atoms with E-state index in [4.69, 9.17) is 9.84 Å². The smallest absolute Gasteiger partial charge is 0.279 e. The summed E-state index contributed by atoms with van der Waals surface area (Å²) < 4.78 is 7.36. The van der Waals surface area contributed by atoms with Crippen molar-refractivity contribution in [1.82, 2.24) is 9.78 Å². The van der Waals surface area contributed by atoms with Crippen LogP contribution in [-0.2, 0) is 0 Å². The summed E-state index contributed by atoms with van der Waals surface area (Å²) in [5.41, 5.74) is 3.47. The zero-order chi connectivity index (χ0) is 23.9. The normalized spacial score (nSPS) is 11.0. The molecule has 0 radical (unpaired) electrons. The fraction of sp³-hybridized carbons (Fsp3) is 0.286. The number of halogens is 1. The first-order valence-electron chi connectivity index (χ1n) is 11.8. The molecule has 6 heteroatoms. The van der Waals surface area contributed by atoms with E-state index in [2.05, 4.69) is 34.7 Å². The first kappa shape index (κ1) is 24.0. The van der Waals surface area contributed by atoms with Crippen LogP contribution in [-0.4, -0.2) is 34.8 Å². The number of hydrogen-bond donors (Lipinski definition) is 0. The average molecular weight is 520 g/mol. The molecule has 0 spiro atoms. The second kappa shape index (κ2) is 11.3. The summed E-state index contributed by atoms with van der Waals surface area (Å²) in [6.07, 6.45) is 2.10. The molecule has 0 aliphatic heterocycles. The van der Waals surface area contributed by atoms with Crippen LogP contribution in [0.1, 0.15) is 26.7 Å². The van der Waals surface area contributed by atoms with E-state index < -0.39 is 0 Å². The molecule has 0 unspecified atom stereocenters. The first-order chi connectivity index (χ1) is 16.7. The number of fused-ring (bicyclic) bond motifs is 1. The van der Waals surface area contributed by atoms with E-state index in [1.807, 2.05) is 72.8 Å². The largest absolute Gasteiger partial charge is 0.494 e. The van der Waals surface area contributed by atoms with Gasteiger partial charge in [0.2, 0.25) is 0 Å². The van der Waals surface area contributed by atoms with Gasteiger partial charge in [-0.2, -0.15) is 9.78 Å². The molecule has 3 aromatic carbocycles. The van der Waals surface area contributed by atoms with Crippen LogP contribution in [0.3, 0.4) is 0 Å². The first-order valence-corrected chi connectivity index (χ1v) is 12.9. The summed E-state index contributed by atoms with van der Waals surface area (Å²) in [5.74, 6) is 0.836. The second-order valence-electron chi connectivity index (χ2n) is 8.07. The standard InChI is InChI=1S/C28H30BrN3O2/c1-3-31(4-2)22-13-15-23(16-14-22)32-28(33)26-10-6-5-9-25(26)27(30-32)21-11-17-24(18-12-21)34-20-8-7-19-29/h5-6,9-18H,3-4,7-8,19-20H2,1-2H3. The highest BCUT2D eigenvalue weighted by Crippen LogP contribution is 2.27. The number of unbranched alkanes of at least 4 members (excludes halogenated alkanes) is 1. The molecule has 0 N–H and O–H groups in total. The lowest BCUT2D eigenvalue weighted by molar-refractivity contribution is 0.310. The maximum atomic E-state index is 13.3. The Kier molecular flexibility index (Phi) is 8.01. The molecule has 4 aromatic rings. The maximum Gasteiger partial charge on any atom is 0.279 e. The molecule has 0 saturated heterocycles. The molecular formula is C28H30BrN3O2. The van der Waals surface area contributed by atoms with E-state index in [9.17, 15) is 4.79 Å². The van der Waals surface area contributed by atoms with Crippen molar-refractivity contribution in [2.45, 2.75) is 26.7 Å². The fourth-order valence-electron chi connectivity index (χ4n) is 4.07. The van der Waals surface area contributed by atoms with Crippen molar-refractivity contribution in [1.29, 1.82) is 0 Å². The third-order valence-electron chi connectivity index (χ3n) is 5.95. The number of anilines is 1. The lowest BCUT2D eigenvalue weighted by Crippen LogP contribution is -2.23. The molecule has 0 fully saturated rings. The van der Waals surface area contributed by atoms with Gasteiger partial charge in [-0.3, -0.25) is 4.79 Å². The van der Waals surface area contributed by atoms with Gasteiger partial charge in [-0.25, -0.2) is 0 Å². The predicted molar refractivity (Wildman–Crippen MR) is 145 cm³/mol. The van der Waals surface area contributed by atoms with E-state index in [1.165, 1.54) is 4.68 Å². The Morgan fingerprint density at radius 2 is 1.56 bits per heavy atom. The van der Waals surface area contributed by atoms with Crippen LogP contribution in [0.15, 0.2) is 77.6 Å². The molecule has 34 heavy (non-hydrogen) atoms. The van der Waals surface area contributed by atoms with E-state index in [-0.39, 0.29) is 5.56 Å². The Bertz CT molecular complexity index is 1280. The fourth-order valence-corrected chi connectivity index (χ4v) is 4.46. The average Bonchev–Trinajstić information content (AvgIpc) is 2.89. The van der Waals surface area contributed by atoms with Gasteiger partial charge in [0.05, 0.1) is 23.4 Å². The Balaban J connectivity index is 1.72. The lowest BCUT2D eigenvalue weighted by Gasteiger charge is -2.21. The highest BCUT2D eigenvalue weighted by molar-refractivity contribution is 9.09. The van der Waals surface area contributed by atoms with Crippen LogP contribution in [0.5, 0.6) is 5.75 Å². The molecule has 176 valence electrons. The van der Waals surface area contributed by atoms with Crippen molar-refractivity contribution in [2.75, 3.05) is 29.9 Å². The monoisotopic (exact) mass is 519 g/mol. The molecule has 0 aliphatic carbocycles. The molecule has 0 atom stereocenters. The van der Waals surface area contributed by atoms with E-state index in [1.54, 1.807) is 0 Å². The number of nitrogens with zero attached hydrogens (tertiary/aromatic N) is 3. The summed E-state index contributed by atoms with van der Waals surface area (Å²) >= 11 is 3.45. The van der Waals surface area contributed by atoms with Gasteiger partial charge < -0.3 is 9.64 Å². The van der Waals surface area contributed by atoms with Gasteiger partial charge in [-0.1, -0.05) is 34.1 Å². The molecular weight excluding hydrogens is 490 g/mol. The Hall–Kier alpha value is -3.12. The number of benzene rings is 3. The predicted octanol–water partition coefficient (Wildman–Crippen LogP) is 6.45. The van der Waals surface area contributed by atoms with Crippen LogP contribution in [0.25, 0.3) is 27.7 Å². The summed E-state index contributed by atoms with van der Waals surface area (Å²) in [6, 6.07) is 23.6. The van der Waals surface area contributed by atoms with Crippen molar-refractivity contribution in [3.05, 3.63) is 83.2 Å². The molecule has 4 rings (SSSR count). The number of hydrogen-bond acceptors (Lipinski definition) is 4. The van der Waals surface area contributed by atoms with Gasteiger partial charge in [0.15, 0.2) is 0 Å². The highest BCUT2D eigenvalue weighted by Gasteiger charge is 2.14. The SMILES string of the molecule is CCN(CC)c1ccc(-n2nc(-c3ccc(OCCCCBr)cc3)c3ccccc3c2=O)cc1. The number of rotatable bonds is 10. The van der Waals surface area contributed by atoms with Gasteiger partial charge in [-0.15, -0.1) is 0 Å². The van der Waals surface area contributed by atoms with Gasteiger partial charge in [0.25, 0.3) is 5.56 Å². The van der Waals surface area contributed by atoms with Crippen LogP contribution in [0.4, 0.5) is 5.69 Å². The number of alkyl halides is 1. The summed E-state index contributed by atoms with van der Waals surface area (Å²) in [5, 5.41) is 7.30. The minimum absolute atomic E-state index is 0.123. The third kappa shape index (κ3) is 5.17. The topological polar surface area (TPSA) is 47.4 Å². The van der Waals surface area contributed by atoms with Crippen molar-refractivity contribution in [3.63, 3.8) is 0 Å². The van der Waals surface area contributed by atoms with Crippen molar-refractivity contribution < 1.29 is 4.74 Å². The van der Waals surface area contributed by atoms with Gasteiger partial charge in [-0.05, 0) is 81.3 Å². The Morgan fingerprint density at radius 3 is 2.21 bits per heavy atom.